The molecule has 4 heteroatoms. The van der Waals surface area contributed by atoms with Crippen molar-refractivity contribution < 1.29 is 4.74 Å². The summed E-state index contributed by atoms with van der Waals surface area (Å²) in [5, 5.41) is 9.51. The zero-order valence-corrected chi connectivity index (χ0v) is 10.5. The van der Waals surface area contributed by atoms with Gasteiger partial charge in [0.15, 0.2) is 0 Å². The Bertz CT molecular complexity index is 632. The van der Waals surface area contributed by atoms with Crippen LogP contribution in [0.4, 0.5) is 5.69 Å². The number of nitrogen functional groups attached to an aromatic ring is 1. The third-order valence-electron chi connectivity index (χ3n) is 2.50. The summed E-state index contributed by atoms with van der Waals surface area (Å²) in [6.45, 7) is 1.87. The molecule has 0 aliphatic rings. The molecule has 0 saturated heterocycles. The Kier molecular flexibility index (Phi) is 3.40. The number of benzene rings is 2. The van der Waals surface area contributed by atoms with Crippen LogP contribution in [0.15, 0.2) is 36.4 Å². The van der Waals surface area contributed by atoms with E-state index >= 15 is 0 Å². The lowest BCUT2D eigenvalue weighted by molar-refractivity contribution is 0.478. The molecule has 0 unspecified atom stereocenters. The zero-order chi connectivity index (χ0) is 13.1. The topological polar surface area (TPSA) is 59.0 Å². The minimum absolute atomic E-state index is 0.447. The van der Waals surface area contributed by atoms with E-state index in [1.807, 2.05) is 19.1 Å². The summed E-state index contributed by atoms with van der Waals surface area (Å²) >= 11 is 6.03. The van der Waals surface area contributed by atoms with Crippen LogP contribution in [0.25, 0.3) is 0 Å². The fourth-order valence-corrected chi connectivity index (χ4v) is 1.74. The van der Waals surface area contributed by atoms with Crippen LogP contribution in [0.1, 0.15) is 11.1 Å². The molecular weight excluding hydrogens is 248 g/mol. The van der Waals surface area contributed by atoms with Crippen molar-refractivity contribution in [3.63, 3.8) is 0 Å². The Labute approximate surface area is 110 Å². The average Bonchev–Trinajstić information content (AvgIpc) is 2.36. The molecule has 0 atom stereocenters. The molecule has 0 heterocycles. The van der Waals surface area contributed by atoms with E-state index in [0.29, 0.717) is 27.8 Å². The van der Waals surface area contributed by atoms with Gasteiger partial charge in [-0.1, -0.05) is 23.7 Å². The highest BCUT2D eigenvalue weighted by atomic mass is 35.5. The first-order valence-electron chi connectivity index (χ1n) is 5.34. The predicted octanol–water partition coefficient (Wildman–Crippen LogP) is 3.89. The molecule has 0 fully saturated rings. The Balaban J connectivity index is 2.46. The van der Waals surface area contributed by atoms with Crippen LogP contribution in [-0.2, 0) is 0 Å². The lowest BCUT2D eigenvalue weighted by atomic mass is 10.1. The van der Waals surface area contributed by atoms with Crippen LogP contribution >= 0.6 is 11.6 Å². The number of hydrogen-bond donors (Lipinski definition) is 1. The van der Waals surface area contributed by atoms with Crippen LogP contribution in [0.2, 0.25) is 5.02 Å². The van der Waals surface area contributed by atoms with Crippen molar-refractivity contribution >= 4 is 17.3 Å². The summed E-state index contributed by atoms with van der Waals surface area (Å²) in [6.07, 6.45) is 0. The van der Waals surface area contributed by atoms with Crippen LogP contribution in [0.5, 0.6) is 11.5 Å². The number of ether oxygens (including phenoxy) is 1. The summed E-state index contributed by atoms with van der Waals surface area (Å²) in [7, 11) is 0. The minimum Gasteiger partial charge on any atom is -0.454 e. The molecule has 0 aromatic heterocycles. The van der Waals surface area contributed by atoms with E-state index in [1.54, 1.807) is 24.3 Å². The Morgan fingerprint density at radius 2 is 2.06 bits per heavy atom. The molecule has 0 aliphatic heterocycles. The third kappa shape index (κ3) is 2.39. The summed E-state index contributed by atoms with van der Waals surface area (Å²) in [5.74, 6) is 0.954. The van der Waals surface area contributed by atoms with Crippen molar-refractivity contribution in [3.05, 3.63) is 52.5 Å². The van der Waals surface area contributed by atoms with Gasteiger partial charge < -0.3 is 10.5 Å². The molecule has 2 N–H and O–H groups in total. The first kappa shape index (κ1) is 12.3. The predicted molar refractivity (Wildman–Crippen MR) is 71.8 cm³/mol. The van der Waals surface area contributed by atoms with Gasteiger partial charge in [-0.2, -0.15) is 5.26 Å². The quantitative estimate of drug-likeness (QED) is 0.831. The number of hydrogen-bond acceptors (Lipinski definition) is 3. The summed E-state index contributed by atoms with van der Waals surface area (Å²) in [5.41, 5.74) is 7.58. The maximum atomic E-state index is 9.06. The number of para-hydroxylation sites is 1. The molecule has 2 aromatic rings. The molecule has 0 bridgehead atoms. The van der Waals surface area contributed by atoms with E-state index < -0.39 is 0 Å². The van der Waals surface area contributed by atoms with E-state index in [-0.39, 0.29) is 0 Å². The summed E-state index contributed by atoms with van der Waals surface area (Å²) in [4.78, 5) is 0. The second-order valence-electron chi connectivity index (χ2n) is 3.86. The molecule has 2 aromatic carbocycles. The van der Waals surface area contributed by atoms with Crippen LogP contribution < -0.4 is 10.5 Å². The van der Waals surface area contributed by atoms with Crippen molar-refractivity contribution in [1.82, 2.24) is 0 Å². The van der Waals surface area contributed by atoms with Gasteiger partial charge in [-0.3, -0.25) is 0 Å². The molecule has 18 heavy (non-hydrogen) atoms. The van der Waals surface area contributed by atoms with Crippen molar-refractivity contribution in [2.45, 2.75) is 6.92 Å². The second kappa shape index (κ2) is 4.99. The number of halogens is 1. The molecule has 0 saturated carbocycles. The van der Waals surface area contributed by atoms with Crippen LogP contribution in [0, 0.1) is 18.3 Å². The minimum atomic E-state index is 0.447. The zero-order valence-electron chi connectivity index (χ0n) is 9.77. The van der Waals surface area contributed by atoms with Gasteiger partial charge in [0.1, 0.15) is 17.6 Å². The highest BCUT2D eigenvalue weighted by Crippen LogP contribution is 2.34. The van der Waals surface area contributed by atoms with Gasteiger partial charge in [0.2, 0.25) is 0 Å². The number of rotatable bonds is 2. The number of nitrogens with two attached hydrogens (primary N) is 1. The maximum Gasteiger partial charge on any atom is 0.148 e. The molecule has 2 rings (SSSR count). The maximum absolute atomic E-state index is 9.06. The van der Waals surface area contributed by atoms with Crippen LogP contribution in [-0.4, -0.2) is 0 Å². The normalized spacial score (nSPS) is 9.83. The van der Waals surface area contributed by atoms with Gasteiger partial charge in [-0.15, -0.1) is 0 Å². The molecule has 90 valence electrons. The standard InChI is InChI=1S/C14H11ClN2O/c1-9-3-2-4-10(8-16)14(9)18-13-7-11(17)5-6-12(13)15/h2-7H,17H2,1H3. The first-order chi connectivity index (χ1) is 8.61. The molecule has 0 aliphatic carbocycles. The molecule has 3 nitrogen and oxygen atoms in total. The smallest absolute Gasteiger partial charge is 0.148 e. The largest absolute Gasteiger partial charge is 0.454 e. The van der Waals surface area contributed by atoms with Gasteiger partial charge in [0.05, 0.1) is 10.6 Å². The lowest BCUT2D eigenvalue weighted by Crippen LogP contribution is -1.93. The molecule has 0 radical (unpaired) electrons. The van der Waals surface area contributed by atoms with E-state index in [1.165, 1.54) is 0 Å². The van der Waals surface area contributed by atoms with E-state index in [2.05, 4.69) is 6.07 Å². The molecule has 0 spiro atoms. The monoisotopic (exact) mass is 258 g/mol. The Hall–Kier alpha value is -2.18. The van der Waals surface area contributed by atoms with E-state index in [4.69, 9.17) is 27.3 Å². The van der Waals surface area contributed by atoms with Crippen molar-refractivity contribution in [1.29, 1.82) is 5.26 Å². The number of nitriles is 1. The SMILES string of the molecule is Cc1cccc(C#N)c1Oc1cc(N)ccc1Cl. The van der Waals surface area contributed by atoms with Crippen molar-refractivity contribution in [2.75, 3.05) is 5.73 Å². The van der Waals surface area contributed by atoms with E-state index in [9.17, 15) is 0 Å². The first-order valence-corrected chi connectivity index (χ1v) is 5.72. The number of aryl methyl sites for hydroxylation is 1. The fourth-order valence-electron chi connectivity index (χ4n) is 1.58. The Morgan fingerprint density at radius 3 is 2.78 bits per heavy atom. The van der Waals surface area contributed by atoms with Gasteiger partial charge in [0, 0.05) is 11.8 Å². The average molecular weight is 259 g/mol. The fraction of sp³-hybridized carbons (Fsp3) is 0.0714. The summed E-state index contributed by atoms with van der Waals surface area (Å²) in [6, 6.07) is 12.5. The number of anilines is 1. The van der Waals surface area contributed by atoms with Gasteiger partial charge in [0.25, 0.3) is 0 Å². The van der Waals surface area contributed by atoms with Crippen molar-refractivity contribution in [3.8, 4) is 17.6 Å². The highest BCUT2D eigenvalue weighted by Gasteiger charge is 2.10. The molecule has 0 amide bonds. The van der Waals surface area contributed by atoms with Gasteiger partial charge >= 0.3 is 0 Å². The Morgan fingerprint density at radius 1 is 1.28 bits per heavy atom. The second-order valence-corrected chi connectivity index (χ2v) is 4.26. The number of nitrogens with zero attached hydrogens (tertiary/aromatic N) is 1. The molecular formula is C14H11ClN2O. The lowest BCUT2D eigenvalue weighted by Gasteiger charge is -2.11. The highest BCUT2D eigenvalue weighted by molar-refractivity contribution is 6.32. The summed E-state index contributed by atoms with van der Waals surface area (Å²) < 4.78 is 5.71. The van der Waals surface area contributed by atoms with E-state index in [0.717, 1.165) is 5.56 Å². The third-order valence-corrected chi connectivity index (χ3v) is 2.81. The van der Waals surface area contributed by atoms with Crippen LogP contribution in [0.3, 0.4) is 0 Å². The van der Waals surface area contributed by atoms with Gasteiger partial charge in [-0.05, 0) is 30.7 Å². The van der Waals surface area contributed by atoms with Gasteiger partial charge in [-0.25, -0.2) is 0 Å². The van der Waals surface area contributed by atoms with Crippen molar-refractivity contribution in [2.24, 2.45) is 0 Å².